The molecule has 0 spiro atoms. The van der Waals surface area contributed by atoms with Gasteiger partial charge in [0, 0.05) is 56.1 Å². The standard InChI is InChI=1S/C18H28N4O2S/c1-14-13-25-16(20-14)7-9-19-18(24)22-11-3-2-5-15(22)8-12-21-10-4-6-17(21)23/h13,15H,2-12H2,1H3,(H,19,24)/t15-/m0/s1. The minimum Gasteiger partial charge on any atom is -0.343 e. The topological polar surface area (TPSA) is 65.5 Å². The number of hydrogen-bond donors (Lipinski definition) is 1. The molecule has 0 aliphatic carbocycles. The molecule has 0 radical (unpaired) electrons. The maximum atomic E-state index is 12.6. The number of likely N-dealkylation sites (tertiary alicyclic amines) is 2. The molecule has 1 aromatic heterocycles. The maximum Gasteiger partial charge on any atom is 0.317 e. The Bertz CT molecular complexity index is 604. The van der Waals surface area contributed by atoms with Gasteiger partial charge in [-0.05, 0) is 39.0 Å². The van der Waals surface area contributed by atoms with Crippen molar-refractivity contribution in [1.82, 2.24) is 20.1 Å². The SMILES string of the molecule is Cc1csc(CCNC(=O)N2CCCC[C@H]2CCN2CCCC2=O)n1. The first-order valence-electron chi connectivity index (χ1n) is 9.37. The number of urea groups is 1. The monoisotopic (exact) mass is 364 g/mol. The highest BCUT2D eigenvalue weighted by Gasteiger charge is 2.28. The minimum absolute atomic E-state index is 0.0331. The number of carbonyl (C=O) groups is 2. The summed E-state index contributed by atoms with van der Waals surface area (Å²) < 4.78 is 0. The van der Waals surface area contributed by atoms with E-state index in [2.05, 4.69) is 10.3 Å². The van der Waals surface area contributed by atoms with Crippen molar-refractivity contribution in [3.63, 3.8) is 0 Å². The van der Waals surface area contributed by atoms with Gasteiger partial charge in [0.05, 0.1) is 5.01 Å². The van der Waals surface area contributed by atoms with Crippen LogP contribution in [0.15, 0.2) is 5.38 Å². The predicted molar refractivity (Wildman–Crippen MR) is 98.7 cm³/mol. The Morgan fingerprint density at radius 2 is 2.24 bits per heavy atom. The molecule has 0 unspecified atom stereocenters. The molecule has 2 aliphatic heterocycles. The number of rotatable bonds is 6. The summed E-state index contributed by atoms with van der Waals surface area (Å²) in [5.74, 6) is 0.269. The molecule has 2 saturated heterocycles. The summed E-state index contributed by atoms with van der Waals surface area (Å²) in [6, 6.07) is 0.287. The van der Waals surface area contributed by atoms with E-state index in [1.807, 2.05) is 22.1 Å². The third kappa shape index (κ3) is 4.93. The van der Waals surface area contributed by atoms with Crippen molar-refractivity contribution < 1.29 is 9.59 Å². The molecule has 1 aromatic rings. The van der Waals surface area contributed by atoms with Crippen LogP contribution in [0.5, 0.6) is 0 Å². The summed E-state index contributed by atoms with van der Waals surface area (Å²) in [6.45, 7) is 5.10. The second-order valence-electron chi connectivity index (χ2n) is 6.98. The Morgan fingerprint density at radius 1 is 1.36 bits per heavy atom. The van der Waals surface area contributed by atoms with Gasteiger partial charge in [-0.15, -0.1) is 11.3 Å². The van der Waals surface area contributed by atoms with Gasteiger partial charge in [0.25, 0.3) is 0 Å². The van der Waals surface area contributed by atoms with Crippen molar-refractivity contribution in [2.24, 2.45) is 0 Å². The summed E-state index contributed by atoms with van der Waals surface area (Å²) in [5, 5.41) is 6.16. The zero-order chi connectivity index (χ0) is 17.6. The molecular formula is C18H28N4O2S. The van der Waals surface area contributed by atoms with Crippen LogP contribution in [0.4, 0.5) is 4.79 Å². The van der Waals surface area contributed by atoms with Crippen molar-refractivity contribution in [2.75, 3.05) is 26.2 Å². The zero-order valence-corrected chi connectivity index (χ0v) is 15.8. The highest BCUT2D eigenvalue weighted by atomic mass is 32.1. The zero-order valence-electron chi connectivity index (χ0n) is 15.0. The summed E-state index contributed by atoms with van der Waals surface area (Å²) in [4.78, 5) is 32.7. The highest BCUT2D eigenvalue weighted by Crippen LogP contribution is 2.21. The van der Waals surface area contributed by atoms with E-state index in [0.29, 0.717) is 13.0 Å². The Kier molecular flexibility index (Phi) is 6.29. The average molecular weight is 365 g/mol. The van der Waals surface area contributed by atoms with Gasteiger partial charge < -0.3 is 15.1 Å². The Hall–Kier alpha value is -1.63. The first-order chi connectivity index (χ1) is 12.1. The third-order valence-corrected chi connectivity index (χ3v) is 6.10. The second-order valence-corrected chi connectivity index (χ2v) is 7.92. The molecule has 3 rings (SSSR count). The van der Waals surface area contributed by atoms with Crippen LogP contribution >= 0.6 is 11.3 Å². The number of aryl methyl sites for hydroxylation is 1. The van der Waals surface area contributed by atoms with E-state index < -0.39 is 0 Å². The average Bonchev–Trinajstić information content (AvgIpc) is 3.21. The van der Waals surface area contributed by atoms with E-state index in [1.54, 1.807) is 11.3 Å². The third-order valence-electron chi connectivity index (χ3n) is 5.07. The molecule has 1 atom stereocenters. The Balaban J connectivity index is 1.45. The molecule has 25 heavy (non-hydrogen) atoms. The Labute approximate surface area is 153 Å². The van der Waals surface area contributed by atoms with Crippen LogP contribution in [0, 0.1) is 6.92 Å². The van der Waals surface area contributed by atoms with Gasteiger partial charge >= 0.3 is 6.03 Å². The highest BCUT2D eigenvalue weighted by molar-refractivity contribution is 7.09. The lowest BCUT2D eigenvalue weighted by Gasteiger charge is -2.36. The summed E-state index contributed by atoms with van der Waals surface area (Å²) >= 11 is 1.65. The minimum atomic E-state index is 0.0331. The summed E-state index contributed by atoms with van der Waals surface area (Å²) in [6.07, 6.45) is 6.62. The molecule has 0 bridgehead atoms. The van der Waals surface area contributed by atoms with Gasteiger partial charge in [-0.25, -0.2) is 9.78 Å². The fourth-order valence-electron chi connectivity index (χ4n) is 3.71. The lowest BCUT2D eigenvalue weighted by molar-refractivity contribution is -0.127. The summed E-state index contributed by atoms with van der Waals surface area (Å²) in [5.41, 5.74) is 1.04. The van der Waals surface area contributed by atoms with Crippen molar-refractivity contribution in [3.05, 3.63) is 16.1 Å². The van der Waals surface area contributed by atoms with Crippen molar-refractivity contribution in [3.8, 4) is 0 Å². The predicted octanol–water partition coefficient (Wildman–Crippen LogP) is 2.57. The summed E-state index contributed by atoms with van der Waals surface area (Å²) in [7, 11) is 0. The first-order valence-corrected chi connectivity index (χ1v) is 10.2. The number of hydrogen-bond acceptors (Lipinski definition) is 4. The second kappa shape index (κ2) is 8.65. The Morgan fingerprint density at radius 3 is 2.96 bits per heavy atom. The van der Waals surface area contributed by atoms with Crippen LogP contribution in [0.1, 0.15) is 49.2 Å². The van der Waals surface area contributed by atoms with Crippen LogP contribution < -0.4 is 5.32 Å². The molecule has 3 amide bonds. The van der Waals surface area contributed by atoms with Gasteiger partial charge in [-0.2, -0.15) is 0 Å². The van der Waals surface area contributed by atoms with Gasteiger partial charge in [0.15, 0.2) is 0 Å². The fourth-order valence-corrected chi connectivity index (χ4v) is 4.48. The number of carbonyl (C=O) groups excluding carboxylic acids is 2. The largest absolute Gasteiger partial charge is 0.343 e. The molecule has 6 nitrogen and oxygen atoms in total. The van der Waals surface area contributed by atoms with E-state index in [0.717, 1.165) is 62.4 Å². The van der Waals surface area contributed by atoms with E-state index in [4.69, 9.17) is 0 Å². The molecule has 7 heteroatoms. The molecule has 0 aromatic carbocycles. The maximum absolute atomic E-state index is 12.6. The molecule has 138 valence electrons. The molecule has 2 aliphatic rings. The molecule has 3 heterocycles. The smallest absolute Gasteiger partial charge is 0.317 e. The van der Waals surface area contributed by atoms with E-state index >= 15 is 0 Å². The van der Waals surface area contributed by atoms with Gasteiger partial charge in [-0.3, -0.25) is 4.79 Å². The van der Waals surface area contributed by atoms with E-state index in [1.165, 1.54) is 6.42 Å². The molecule has 0 saturated carbocycles. The molecular weight excluding hydrogens is 336 g/mol. The van der Waals surface area contributed by atoms with Crippen LogP contribution in [0.2, 0.25) is 0 Å². The first kappa shape index (κ1) is 18.2. The van der Waals surface area contributed by atoms with Crippen LogP contribution in [-0.2, 0) is 11.2 Å². The number of aromatic nitrogens is 1. The number of amides is 3. The van der Waals surface area contributed by atoms with E-state index in [9.17, 15) is 9.59 Å². The number of piperidine rings is 1. The number of thiazole rings is 1. The molecule has 1 N–H and O–H groups in total. The van der Waals surface area contributed by atoms with Crippen LogP contribution in [0.3, 0.4) is 0 Å². The van der Waals surface area contributed by atoms with Crippen LogP contribution in [-0.4, -0.2) is 58.9 Å². The van der Waals surface area contributed by atoms with Gasteiger partial charge in [-0.1, -0.05) is 0 Å². The fraction of sp³-hybridized carbons (Fsp3) is 0.722. The van der Waals surface area contributed by atoms with Crippen molar-refractivity contribution in [2.45, 2.75) is 57.9 Å². The lowest BCUT2D eigenvalue weighted by atomic mass is 9.99. The quantitative estimate of drug-likeness (QED) is 0.844. The number of nitrogens with one attached hydrogen (secondary N) is 1. The van der Waals surface area contributed by atoms with Gasteiger partial charge in [0.2, 0.25) is 5.91 Å². The van der Waals surface area contributed by atoms with Crippen LogP contribution in [0.25, 0.3) is 0 Å². The lowest BCUT2D eigenvalue weighted by Crippen LogP contribution is -2.50. The van der Waals surface area contributed by atoms with Gasteiger partial charge in [0.1, 0.15) is 0 Å². The number of nitrogens with zero attached hydrogens (tertiary/aromatic N) is 3. The van der Waals surface area contributed by atoms with Crippen molar-refractivity contribution in [1.29, 1.82) is 0 Å². The normalized spacial score (nSPS) is 21.0. The van der Waals surface area contributed by atoms with E-state index in [-0.39, 0.29) is 18.0 Å². The van der Waals surface area contributed by atoms with Crippen molar-refractivity contribution >= 4 is 23.3 Å². The molecule has 2 fully saturated rings.